The van der Waals surface area contributed by atoms with Crippen molar-refractivity contribution in [3.05, 3.63) is 51.7 Å². The molecule has 2 aromatic rings. The molecule has 0 aliphatic carbocycles. The molecule has 0 radical (unpaired) electrons. The summed E-state index contributed by atoms with van der Waals surface area (Å²) in [4.78, 5) is 2.53. The Morgan fingerprint density at radius 2 is 2.22 bits per heavy atom. The molecule has 0 fully saturated rings. The molecular weight excluding hydrogens is 240 g/mol. The van der Waals surface area contributed by atoms with Crippen LogP contribution in [0.4, 0.5) is 5.69 Å². The van der Waals surface area contributed by atoms with E-state index < -0.39 is 0 Å². The molecule has 0 saturated heterocycles. The van der Waals surface area contributed by atoms with Gasteiger partial charge in [0, 0.05) is 24.8 Å². The molecule has 0 spiro atoms. The minimum absolute atomic E-state index is 0.492. The van der Waals surface area contributed by atoms with Crippen molar-refractivity contribution >= 4 is 17.0 Å². The van der Waals surface area contributed by atoms with Gasteiger partial charge in [-0.15, -0.1) is 0 Å². The van der Waals surface area contributed by atoms with E-state index in [9.17, 15) is 0 Å². The third kappa shape index (κ3) is 2.04. The SMILES string of the molecule is CC(c1ccsc1)N1CCc2c(N)cccc2C1. The topological polar surface area (TPSA) is 29.3 Å². The van der Waals surface area contributed by atoms with Crippen molar-refractivity contribution in [1.29, 1.82) is 0 Å². The van der Waals surface area contributed by atoms with Crippen LogP contribution >= 0.6 is 11.3 Å². The highest BCUT2D eigenvalue weighted by atomic mass is 32.1. The van der Waals surface area contributed by atoms with Gasteiger partial charge in [0.05, 0.1) is 0 Å². The van der Waals surface area contributed by atoms with Crippen molar-refractivity contribution in [3.8, 4) is 0 Å². The maximum Gasteiger partial charge on any atom is 0.0350 e. The van der Waals surface area contributed by atoms with Gasteiger partial charge in [0.2, 0.25) is 0 Å². The third-order valence-electron chi connectivity index (χ3n) is 3.91. The molecule has 2 nitrogen and oxygen atoms in total. The van der Waals surface area contributed by atoms with E-state index in [-0.39, 0.29) is 0 Å². The lowest BCUT2D eigenvalue weighted by Crippen LogP contribution is -2.33. The second-order valence-corrected chi connectivity index (χ2v) is 5.72. The number of benzene rings is 1. The summed E-state index contributed by atoms with van der Waals surface area (Å²) in [7, 11) is 0. The smallest absolute Gasteiger partial charge is 0.0350 e. The van der Waals surface area contributed by atoms with Gasteiger partial charge in [-0.2, -0.15) is 11.3 Å². The summed E-state index contributed by atoms with van der Waals surface area (Å²) in [5.41, 5.74) is 11.2. The van der Waals surface area contributed by atoms with E-state index in [2.05, 4.69) is 40.8 Å². The van der Waals surface area contributed by atoms with Gasteiger partial charge in [0.25, 0.3) is 0 Å². The first-order valence-electron chi connectivity index (χ1n) is 6.38. The number of fused-ring (bicyclic) bond motifs is 1. The van der Waals surface area contributed by atoms with Gasteiger partial charge in [-0.3, -0.25) is 4.90 Å². The lowest BCUT2D eigenvalue weighted by Gasteiger charge is -2.34. The largest absolute Gasteiger partial charge is 0.398 e. The van der Waals surface area contributed by atoms with Crippen molar-refractivity contribution < 1.29 is 0 Å². The van der Waals surface area contributed by atoms with Gasteiger partial charge in [-0.25, -0.2) is 0 Å². The Bertz CT molecular complexity index is 533. The van der Waals surface area contributed by atoms with Gasteiger partial charge < -0.3 is 5.73 Å². The number of hydrogen-bond donors (Lipinski definition) is 1. The van der Waals surface area contributed by atoms with Crippen molar-refractivity contribution in [3.63, 3.8) is 0 Å². The van der Waals surface area contributed by atoms with Crippen LogP contribution < -0.4 is 5.73 Å². The number of thiophene rings is 1. The number of rotatable bonds is 2. The lowest BCUT2D eigenvalue weighted by atomic mass is 9.96. The van der Waals surface area contributed by atoms with Gasteiger partial charge in [-0.1, -0.05) is 12.1 Å². The van der Waals surface area contributed by atoms with Crippen LogP contribution in [0.1, 0.15) is 29.7 Å². The van der Waals surface area contributed by atoms with Crippen LogP contribution in [-0.2, 0) is 13.0 Å². The van der Waals surface area contributed by atoms with E-state index in [4.69, 9.17) is 5.73 Å². The first-order valence-corrected chi connectivity index (χ1v) is 7.32. The summed E-state index contributed by atoms with van der Waals surface area (Å²) in [5.74, 6) is 0. The Labute approximate surface area is 112 Å². The standard InChI is InChI=1S/C15H18N2S/c1-11(13-6-8-18-10-13)17-7-5-14-12(9-17)3-2-4-15(14)16/h2-4,6,8,10-11H,5,7,9,16H2,1H3. The average Bonchev–Trinajstić information content (AvgIpc) is 2.91. The first kappa shape index (κ1) is 11.8. The number of hydrogen-bond acceptors (Lipinski definition) is 3. The number of nitrogens with zero attached hydrogens (tertiary/aromatic N) is 1. The average molecular weight is 258 g/mol. The molecule has 3 rings (SSSR count). The zero-order valence-corrected chi connectivity index (χ0v) is 11.4. The lowest BCUT2D eigenvalue weighted by molar-refractivity contribution is 0.193. The molecule has 2 heterocycles. The zero-order chi connectivity index (χ0) is 12.5. The monoisotopic (exact) mass is 258 g/mol. The maximum absolute atomic E-state index is 6.04. The van der Waals surface area contributed by atoms with E-state index in [0.717, 1.165) is 25.2 Å². The fourth-order valence-electron chi connectivity index (χ4n) is 2.71. The van der Waals surface area contributed by atoms with Crippen molar-refractivity contribution in [1.82, 2.24) is 4.90 Å². The molecule has 0 bridgehead atoms. The summed E-state index contributed by atoms with van der Waals surface area (Å²) in [6.07, 6.45) is 1.07. The van der Waals surface area contributed by atoms with Gasteiger partial charge >= 0.3 is 0 Å². The van der Waals surface area contributed by atoms with Crippen LogP contribution in [0.2, 0.25) is 0 Å². The van der Waals surface area contributed by atoms with Crippen LogP contribution in [0.3, 0.4) is 0 Å². The second kappa shape index (κ2) is 4.75. The molecule has 2 N–H and O–H groups in total. The third-order valence-corrected chi connectivity index (χ3v) is 4.61. The fraction of sp³-hybridized carbons (Fsp3) is 0.333. The summed E-state index contributed by atoms with van der Waals surface area (Å²) in [6.45, 7) is 4.40. The van der Waals surface area contributed by atoms with Crippen molar-refractivity contribution in [2.45, 2.75) is 25.9 Å². The number of nitrogen functional groups attached to an aromatic ring is 1. The second-order valence-electron chi connectivity index (χ2n) is 4.94. The molecule has 0 saturated carbocycles. The molecular formula is C15H18N2S. The number of nitrogens with two attached hydrogens (primary N) is 1. The van der Waals surface area contributed by atoms with Gasteiger partial charge in [-0.05, 0) is 52.9 Å². The van der Waals surface area contributed by atoms with E-state index in [1.165, 1.54) is 16.7 Å². The highest BCUT2D eigenvalue weighted by molar-refractivity contribution is 7.07. The Morgan fingerprint density at radius 1 is 1.33 bits per heavy atom. The molecule has 1 aromatic carbocycles. The first-order chi connectivity index (χ1) is 8.75. The van der Waals surface area contributed by atoms with E-state index >= 15 is 0 Å². The van der Waals surface area contributed by atoms with Gasteiger partial charge in [0.1, 0.15) is 0 Å². The summed E-state index contributed by atoms with van der Waals surface area (Å²) in [6, 6.07) is 9.00. The normalized spacial score (nSPS) is 17.4. The Morgan fingerprint density at radius 3 is 3.00 bits per heavy atom. The number of anilines is 1. The minimum atomic E-state index is 0.492. The van der Waals surface area contributed by atoms with Crippen molar-refractivity contribution in [2.24, 2.45) is 0 Å². The summed E-state index contributed by atoms with van der Waals surface area (Å²) in [5, 5.41) is 4.40. The summed E-state index contributed by atoms with van der Waals surface area (Å²) < 4.78 is 0. The Kier molecular flexibility index (Phi) is 3.10. The molecule has 1 unspecified atom stereocenters. The Balaban J connectivity index is 1.83. The van der Waals surface area contributed by atoms with E-state index in [0.29, 0.717) is 6.04 Å². The molecule has 3 heteroatoms. The molecule has 94 valence electrons. The van der Waals surface area contributed by atoms with Crippen molar-refractivity contribution in [2.75, 3.05) is 12.3 Å². The fourth-order valence-corrected chi connectivity index (χ4v) is 3.46. The molecule has 1 aromatic heterocycles. The predicted molar refractivity (Wildman–Crippen MR) is 77.7 cm³/mol. The van der Waals surface area contributed by atoms with E-state index in [1.54, 1.807) is 11.3 Å². The molecule has 18 heavy (non-hydrogen) atoms. The van der Waals surface area contributed by atoms with Crippen LogP contribution in [0.25, 0.3) is 0 Å². The zero-order valence-electron chi connectivity index (χ0n) is 10.6. The molecule has 1 atom stereocenters. The highest BCUT2D eigenvalue weighted by Crippen LogP contribution is 2.30. The van der Waals surface area contributed by atoms with Gasteiger partial charge in [0.15, 0.2) is 0 Å². The highest BCUT2D eigenvalue weighted by Gasteiger charge is 2.22. The predicted octanol–water partition coefficient (Wildman–Crippen LogP) is 3.45. The summed E-state index contributed by atoms with van der Waals surface area (Å²) >= 11 is 1.77. The quantitative estimate of drug-likeness (QED) is 0.836. The van der Waals surface area contributed by atoms with Crippen LogP contribution in [0, 0.1) is 0 Å². The van der Waals surface area contributed by atoms with Crippen LogP contribution in [-0.4, -0.2) is 11.4 Å². The van der Waals surface area contributed by atoms with E-state index in [1.807, 2.05) is 6.07 Å². The molecule has 1 aliphatic heterocycles. The maximum atomic E-state index is 6.04. The minimum Gasteiger partial charge on any atom is -0.398 e. The van der Waals surface area contributed by atoms with Crippen LogP contribution in [0.5, 0.6) is 0 Å². The van der Waals surface area contributed by atoms with Crippen LogP contribution in [0.15, 0.2) is 35.0 Å². The molecule has 0 amide bonds. The Hall–Kier alpha value is -1.32. The molecule has 1 aliphatic rings.